The van der Waals surface area contributed by atoms with Crippen molar-refractivity contribution < 1.29 is 4.79 Å². The quantitative estimate of drug-likeness (QED) is 0.731. The number of thioether (sulfide) groups is 1. The van der Waals surface area contributed by atoms with Crippen molar-refractivity contribution in [1.29, 1.82) is 0 Å². The molecule has 3 heteroatoms. The first kappa shape index (κ1) is 9.62. The molecule has 64 valence electrons. The topological polar surface area (TPSA) is 17.1 Å². The zero-order valence-electron chi connectivity index (χ0n) is 6.71. The first-order valence-corrected chi connectivity index (χ1v) is 5.14. The number of halogens is 1. The second-order valence-electron chi connectivity index (χ2n) is 2.38. The Morgan fingerprint density at radius 3 is 2.50 bits per heavy atom. The van der Waals surface area contributed by atoms with Crippen molar-refractivity contribution in [1.82, 2.24) is 0 Å². The molecule has 1 aromatic rings. The molecule has 0 unspecified atom stereocenters. The fourth-order valence-electron chi connectivity index (χ4n) is 0.841. The summed E-state index contributed by atoms with van der Waals surface area (Å²) in [6.45, 7) is 0. The van der Waals surface area contributed by atoms with Gasteiger partial charge in [0.2, 0.25) is 0 Å². The van der Waals surface area contributed by atoms with Crippen molar-refractivity contribution >= 4 is 28.5 Å². The van der Waals surface area contributed by atoms with Crippen LogP contribution in [0.15, 0.2) is 24.3 Å². The van der Waals surface area contributed by atoms with Gasteiger partial charge in [-0.05, 0) is 24.0 Å². The predicted molar refractivity (Wildman–Crippen MR) is 53.7 cm³/mol. The van der Waals surface area contributed by atoms with Gasteiger partial charge in [0.25, 0.3) is 0 Å². The third-order valence-electron chi connectivity index (χ3n) is 1.49. The fourth-order valence-corrected chi connectivity index (χ4v) is 1.28. The second-order valence-corrected chi connectivity index (χ2v) is 3.68. The van der Waals surface area contributed by atoms with Crippen molar-refractivity contribution in [2.45, 2.75) is 6.42 Å². The lowest BCUT2D eigenvalue weighted by Gasteiger charge is -1.97. The van der Waals surface area contributed by atoms with Crippen molar-refractivity contribution in [2.75, 3.05) is 6.26 Å². The third-order valence-corrected chi connectivity index (χ3v) is 2.34. The summed E-state index contributed by atoms with van der Waals surface area (Å²) >= 11 is 6.94. The molecule has 12 heavy (non-hydrogen) atoms. The molecule has 0 aromatic heterocycles. The summed E-state index contributed by atoms with van der Waals surface area (Å²) in [6, 6.07) is 7.34. The fraction of sp³-hybridized carbons (Fsp3) is 0.222. The molecule has 1 nitrogen and oxygen atoms in total. The lowest BCUT2D eigenvalue weighted by atomic mass is 10.2. The van der Waals surface area contributed by atoms with E-state index in [-0.39, 0.29) is 5.12 Å². The Labute approximate surface area is 81.1 Å². The number of hydrogen-bond acceptors (Lipinski definition) is 2. The highest BCUT2D eigenvalue weighted by atomic mass is 35.5. The molecule has 1 rings (SSSR count). The molecule has 0 aliphatic rings. The van der Waals surface area contributed by atoms with E-state index in [4.69, 9.17) is 11.6 Å². The van der Waals surface area contributed by atoms with Gasteiger partial charge in [0.05, 0.1) is 0 Å². The number of carbonyl (C=O) groups excluding carboxylic acids is 1. The summed E-state index contributed by atoms with van der Waals surface area (Å²) in [4.78, 5) is 11.0. The molecule has 0 aliphatic heterocycles. The van der Waals surface area contributed by atoms with Crippen LogP contribution in [-0.2, 0) is 11.2 Å². The van der Waals surface area contributed by atoms with Crippen LogP contribution in [0.25, 0.3) is 0 Å². The summed E-state index contributed by atoms with van der Waals surface area (Å²) in [6.07, 6.45) is 2.27. The Morgan fingerprint density at radius 2 is 2.00 bits per heavy atom. The smallest absolute Gasteiger partial charge is 0.193 e. The predicted octanol–water partition coefficient (Wildman–Crippen LogP) is 2.77. The lowest BCUT2D eigenvalue weighted by Crippen LogP contribution is -1.95. The van der Waals surface area contributed by atoms with Gasteiger partial charge >= 0.3 is 0 Å². The third kappa shape index (κ3) is 2.88. The van der Waals surface area contributed by atoms with Crippen LogP contribution in [0.5, 0.6) is 0 Å². The zero-order valence-corrected chi connectivity index (χ0v) is 8.28. The molecule has 0 amide bonds. The highest BCUT2D eigenvalue weighted by Gasteiger charge is 2.00. The van der Waals surface area contributed by atoms with Gasteiger partial charge in [-0.3, -0.25) is 4.79 Å². The van der Waals surface area contributed by atoms with Gasteiger partial charge < -0.3 is 0 Å². The van der Waals surface area contributed by atoms with E-state index in [0.717, 1.165) is 5.56 Å². The Hall–Kier alpha value is -0.470. The average molecular weight is 201 g/mol. The van der Waals surface area contributed by atoms with E-state index >= 15 is 0 Å². The van der Waals surface area contributed by atoms with Crippen LogP contribution in [0.2, 0.25) is 5.02 Å². The van der Waals surface area contributed by atoms with Gasteiger partial charge in [0, 0.05) is 11.4 Å². The van der Waals surface area contributed by atoms with E-state index in [1.165, 1.54) is 11.8 Å². The first-order chi connectivity index (χ1) is 5.72. The Bertz CT molecular complexity index is 268. The average Bonchev–Trinajstić information content (AvgIpc) is 2.09. The van der Waals surface area contributed by atoms with Gasteiger partial charge in [0.15, 0.2) is 5.12 Å². The van der Waals surface area contributed by atoms with E-state index in [1.54, 1.807) is 18.4 Å². The van der Waals surface area contributed by atoms with E-state index in [2.05, 4.69) is 0 Å². The standard InChI is InChI=1S/C9H9ClOS/c1-12-9(11)6-7-2-4-8(10)5-3-7/h2-5H,6H2,1H3. The molecule has 0 fully saturated rings. The zero-order chi connectivity index (χ0) is 8.97. The SMILES string of the molecule is CSC(=O)Cc1ccc(Cl)cc1. The van der Waals surface area contributed by atoms with Crippen LogP contribution >= 0.6 is 23.4 Å². The van der Waals surface area contributed by atoms with E-state index in [9.17, 15) is 4.79 Å². The molecule has 1 aromatic carbocycles. The highest BCUT2D eigenvalue weighted by Crippen LogP contribution is 2.11. The Morgan fingerprint density at radius 1 is 1.42 bits per heavy atom. The minimum absolute atomic E-state index is 0.178. The van der Waals surface area contributed by atoms with Gasteiger partial charge in [-0.15, -0.1) is 0 Å². The van der Waals surface area contributed by atoms with Crippen LogP contribution in [-0.4, -0.2) is 11.4 Å². The van der Waals surface area contributed by atoms with Crippen molar-refractivity contribution in [3.05, 3.63) is 34.9 Å². The molecule has 0 saturated heterocycles. The summed E-state index contributed by atoms with van der Waals surface area (Å²) in [5.41, 5.74) is 1.01. The summed E-state index contributed by atoms with van der Waals surface area (Å²) in [7, 11) is 0. The minimum atomic E-state index is 0.178. The van der Waals surface area contributed by atoms with Gasteiger partial charge in [-0.1, -0.05) is 35.5 Å². The van der Waals surface area contributed by atoms with Crippen LogP contribution in [0.4, 0.5) is 0 Å². The van der Waals surface area contributed by atoms with Crippen molar-refractivity contribution in [2.24, 2.45) is 0 Å². The van der Waals surface area contributed by atoms with Gasteiger partial charge in [-0.2, -0.15) is 0 Å². The normalized spacial score (nSPS) is 9.83. The molecule has 0 bridgehead atoms. The molecule has 0 radical (unpaired) electrons. The molecular formula is C9H9ClOS. The Kier molecular flexibility index (Phi) is 3.63. The van der Waals surface area contributed by atoms with E-state index < -0.39 is 0 Å². The number of hydrogen-bond donors (Lipinski definition) is 0. The van der Waals surface area contributed by atoms with Crippen molar-refractivity contribution in [3.8, 4) is 0 Å². The summed E-state index contributed by atoms with van der Waals surface area (Å²) in [5, 5.41) is 0.882. The monoisotopic (exact) mass is 200 g/mol. The number of carbonyl (C=O) groups is 1. The molecule has 0 spiro atoms. The minimum Gasteiger partial charge on any atom is -0.287 e. The lowest BCUT2D eigenvalue weighted by molar-refractivity contribution is -0.110. The molecule has 0 saturated carbocycles. The number of benzene rings is 1. The first-order valence-electron chi connectivity index (χ1n) is 3.53. The summed E-state index contributed by atoms with van der Waals surface area (Å²) < 4.78 is 0. The summed E-state index contributed by atoms with van der Waals surface area (Å²) in [5.74, 6) is 0. The molecule has 0 N–H and O–H groups in total. The maximum atomic E-state index is 11.0. The van der Waals surface area contributed by atoms with Crippen LogP contribution < -0.4 is 0 Å². The van der Waals surface area contributed by atoms with Crippen molar-refractivity contribution in [3.63, 3.8) is 0 Å². The van der Waals surface area contributed by atoms with Crippen LogP contribution in [0, 0.1) is 0 Å². The highest BCUT2D eigenvalue weighted by molar-refractivity contribution is 8.13. The maximum absolute atomic E-state index is 11.0. The van der Waals surface area contributed by atoms with E-state index in [1.807, 2.05) is 12.1 Å². The maximum Gasteiger partial charge on any atom is 0.193 e. The molecule has 0 aliphatic carbocycles. The van der Waals surface area contributed by atoms with Gasteiger partial charge in [-0.25, -0.2) is 0 Å². The molecular weight excluding hydrogens is 192 g/mol. The Balaban J connectivity index is 2.64. The molecule has 0 atom stereocenters. The van der Waals surface area contributed by atoms with Crippen LogP contribution in [0.3, 0.4) is 0 Å². The second kappa shape index (κ2) is 4.53. The largest absolute Gasteiger partial charge is 0.287 e. The molecule has 0 heterocycles. The van der Waals surface area contributed by atoms with E-state index in [0.29, 0.717) is 11.4 Å². The van der Waals surface area contributed by atoms with Gasteiger partial charge in [0.1, 0.15) is 0 Å². The number of rotatable bonds is 2. The van der Waals surface area contributed by atoms with Crippen LogP contribution in [0.1, 0.15) is 5.56 Å².